The van der Waals surface area contributed by atoms with E-state index < -0.39 is 23.7 Å². The lowest BCUT2D eigenvalue weighted by Crippen LogP contribution is -2.39. The van der Waals surface area contributed by atoms with Crippen molar-refractivity contribution in [3.63, 3.8) is 0 Å². The Morgan fingerprint density at radius 1 is 1.35 bits per heavy atom. The zero-order chi connectivity index (χ0) is 15.0. The zero-order valence-corrected chi connectivity index (χ0v) is 11.0. The Hall–Kier alpha value is -1.89. The van der Waals surface area contributed by atoms with Crippen molar-refractivity contribution in [2.24, 2.45) is 10.8 Å². The topological polar surface area (TPSA) is 93.2 Å². The lowest BCUT2D eigenvalue weighted by atomic mass is 10.1. The predicted molar refractivity (Wildman–Crippen MR) is 69.3 cm³/mol. The molecule has 20 heavy (non-hydrogen) atoms. The lowest BCUT2D eigenvalue weighted by Gasteiger charge is -2.19. The molecule has 0 radical (unpaired) electrons. The summed E-state index contributed by atoms with van der Waals surface area (Å²) in [6.07, 6.45) is 0.433. The zero-order valence-electron chi connectivity index (χ0n) is 11.0. The Bertz CT molecular complexity index is 460. The van der Waals surface area contributed by atoms with Gasteiger partial charge in [-0.1, -0.05) is 5.11 Å². The maximum absolute atomic E-state index is 13.0. The summed E-state index contributed by atoms with van der Waals surface area (Å²) in [6, 6.07) is 1.72. The van der Waals surface area contributed by atoms with Crippen LogP contribution >= 0.6 is 0 Å². The van der Waals surface area contributed by atoms with Crippen LogP contribution in [-0.2, 0) is 4.74 Å². The van der Waals surface area contributed by atoms with Crippen LogP contribution in [0.3, 0.4) is 0 Å². The van der Waals surface area contributed by atoms with Crippen LogP contribution in [0.4, 0.5) is 8.78 Å². The van der Waals surface area contributed by atoms with Crippen molar-refractivity contribution < 1.29 is 18.3 Å². The van der Waals surface area contributed by atoms with Gasteiger partial charge in [0.1, 0.15) is 24.0 Å². The number of hydrogen-bond acceptors (Lipinski definition) is 4. The molecule has 2 atom stereocenters. The summed E-state index contributed by atoms with van der Waals surface area (Å²) in [6.45, 7) is 0.349. The number of hydrogen-bond donors (Lipinski definition) is 1. The predicted octanol–water partition coefficient (Wildman–Crippen LogP) is 2.39. The Balaban J connectivity index is 2.59. The van der Waals surface area contributed by atoms with Gasteiger partial charge in [0.15, 0.2) is 0 Å². The third-order valence-electron chi connectivity index (χ3n) is 2.59. The molecule has 0 fully saturated rings. The number of methoxy groups -OCH3 is 1. The van der Waals surface area contributed by atoms with Gasteiger partial charge in [-0.3, -0.25) is 0 Å². The van der Waals surface area contributed by atoms with Crippen LogP contribution in [0.1, 0.15) is 6.42 Å². The highest BCUT2D eigenvalue weighted by atomic mass is 19.1. The van der Waals surface area contributed by atoms with Gasteiger partial charge in [0.25, 0.3) is 0 Å². The Morgan fingerprint density at radius 2 is 2.00 bits per heavy atom. The summed E-state index contributed by atoms with van der Waals surface area (Å²) in [4.78, 5) is 2.71. The minimum absolute atomic E-state index is 0.0315. The Labute approximate surface area is 115 Å². The van der Waals surface area contributed by atoms with E-state index in [0.717, 1.165) is 18.2 Å². The van der Waals surface area contributed by atoms with E-state index in [4.69, 9.17) is 20.7 Å². The van der Waals surface area contributed by atoms with Crippen molar-refractivity contribution in [3.8, 4) is 5.75 Å². The summed E-state index contributed by atoms with van der Waals surface area (Å²) in [5.41, 5.74) is 14.3. The van der Waals surface area contributed by atoms with E-state index >= 15 is 0 Å². The number of rotatable bonds is 8. The van der Waals surface area contributed by atoms with Crippen molar-refractivity contribution in [2.75, 3.05) is 20.3 Å². The second-order valence-electron chi connectivity index (χ2n) is 4.13. The molecule has 8 heteroatoms. The maximum atomic E-state index is 13.0. The number of benzene rings is 1. The molecule has 0 aliphatic rings. The van der Waals surface area contributed by atoms with Gasteiger partial charge < -0.3 is 15.2 Å². The van der Waals surface area contributed by atoms with E-state index in [9.17, 15) is 8.78 Å². The van der Waals surface area contributed by atoms with Crippen LogP contribution in [0.2, 0.25) is 0 Å². The molecule has 1 aromatic carbocycles. The second kappa shape index (κ2) is 8.31. The standard InChI is InChI=1S/C12H16F2N4O2/c1-19-3-2-12(17-18-16)11(15)7-20-10-5-8(13)4-9(14)6-10/h4-6,11-12H,2-3,7,15H2,1H3. The van der Waals surface area contributed by atoms with Crippen LogP contribution in [0, 0.1) is 11.6 Å². The Kier molecular flexibility index (Phi) is 6.72. The summed E-state index contributed by atoms with van der Waals surface area (Å²) in [5, 5.41) is 3.56. The van der Waals surface area contributed by atoms with Crippen molar-refractivity contribution >= 4 is 0 Å². The number of ether oxygens (including phenoxy) is 2. The fraction of sp³-hybridized carbons (Fsp3) is 0.500. The molecule has 0 saturated carbocycles. The average Bonchev–Trinajstić information content (AvgIpc) is 2.39. The van der Waals surface area contributed by atoms with Crippen LogP contribution in [0.15, 0.2) is 23.3 Å². The summed E-state index contributed by atoms with van der Waals surface area (Å²) < 4.78 is 36.0. The minimum atomic E-state index is -0.737. The molecule has 1 aromatic rings. The highest BCUT2D eigenvalue weighted by Gasteiger charge is 2.17. The summed E-state index contributed by atoms with van der Waals surface area (Å²) in [5.74, 6) is -1.44. The first-order valence-electron chi connectivity index (χ1n) is 5.94. The van der Waals surface area contributed by atoms with Crippen LogP contribution < -0.4 is 10.5 Å². The fourth-order valence-corrected chi connectivity index (χ4v) is 1.58. The third kappa shape index (κ3) is 5.40. The number of halogens is 2. The molecule has 0 amide bonds. The normalized spacial score (nSPS) is 13.4. The molecule has 2 N–H and O–H groups in total. The van der Waals surface area contributed by atoms with Gasteiger partial charge in [-0.2, -0.15) is 0 Å². The lowest BCUT2D eigenvalue weighted by molar-refractivity contribution is 0.177. The number of nitrogens with two attached hydrogens (primary N) is 1. The second-order valence-corrected chi connectivity index (χ2v) is 4.13. The summed E-state index contributed by atoms with van der Waals surface area (Å²) >= 11 is 0. The average molecular weight is 286 g/mol. The quantitative estimate of drug-likeness (QED) is 0.451. The SMILES string of the molecule is COCCC(N=[N+]=[N-])C(N)COc1cc(F)cc(F)c1. The van der Waals surface area contributed by atoms with Gasteiger partial charge in [0.05, 0.1) is 6.04 Å². The molecule has 0 heterocycles. The van der Waals surface area contributed by atoms with E-state index in [1.165, 1.54) is 7.11 Å². The van der Waals surface area contributed by atoms with E-state index in [2.05, 4.69) is 10.0 Å². The van der Waals surface area contributed by atoms with Gasteiger partial charge in [0, 0.05) is 42.9 Å². The fourth-order valence-electron chi connectivity index (χ4n) is 1.58. The number of nitrogens with zero attached hydrogens (tertiary/aromatic N) is 3. The van der Waals surface area contributed by atoms with Gasteiger partial charge >= 0.3 is 0 Å². The van der Waals surface area contributed by atoms with Crippen LogP contribution in [0.25, 0.3) is 10.4 Å². The first-order valence-corrected chi connectivity index (χ1v) is 5.94. The van der Waals surface area contributed by atoms with Crippen molar-refractivity contribution in [1.82, 2.24) is 0 Å². The molecule has 0 spiro atoms. The molecule has 110 valence electrons. The first kappa shape index (κ1) is 16.2. The van der Waals surface area contributed by atoms with Crippen molar-refractivity contribution in [1.29, 1.82) is 0 Å². The smallest absolute Gasteiger partial charge is 0.129 e. The molecule has 0 bridgehead atoms. The molecule has 6 nitrogen and oxygen atoms in total. The molecule has 0 aromatic heterocycles. The highest BCUT2D eigenvalue weighted by molar-refractivity contribution is 5.23. The van der Waals surface area contributed by atoms with Gasteiger partial charge in [-0.25, -0.2) is 8.78 Å². The highest BCUT2D eigenvalue weighted by Crippen LogP contribution is 2.16. The van der Waals surface area contributed by atoms with Crippen LogP contribution in [-0.4, -0.2) is 32.4 Å². The first-order chi connectivity index (χ1) is 9.56. The Morgan fingerprint density at radius 3 is 2.55 bits per heavy atom. The molecular formula is C12H16F2N4O2. The van der Waals surface area contributed by atoms with E-state index in [1.807, 2.05) is 0 Å². The third-order valence-corrected chi connectivity index (χ3v) is 2.59. The molecule has 0 aliphatic carbocycles. The van der Waals surface area contributed by atoms with Gasteiger partial charge in [-0.05, 0) is 12.0 Å². The van der Waals surface area contributed by atoms with Gasteiger partial charge in [-0.15, -0.1) is 0 Å². The van der Waals surface area contributed by atoms with Crippen molar-refractivity contribution in [2.45, 2.75) is 18.5 Å². The van der Waals surface area contributed by atoms with E-state index in [1.54, 1.807) is 0 Å². The van der Waals surface area contributed by atoms with Crippen LogP contribution in [0.5, 0.6) is 5.75 Å². The minimum Gasteiger partial charge on any atom is -0.492 e. The van der Waals surface area contributed by atoms with E-state index in [-0.39, 0.29) is 12.4 Å². The summed E-state index contributed by atoms with van der Waals surface area (Å²) in [7, 11) is 1.52. The van der Waals surface area contributed by atoms with E-state index in [0.29, 0.717) is 13.0 Å². The molecule has 1 rings (SSSR count). The molecule has 0 saturated heterocycles. The van der Waals surface area contributed by atoms with Crippen molar-refractivity contribution in [3.05, 3.63) is 40.3 Å². The largest absolute Gasteiger partial charge is 0.492 e. The maximum Gasteiger partial charge on any atom is 0.129 e. The monoisotopic (exact) mass is 286 g/mol. The van der Waals surface area contributed by atoms with Gasteiger partial charge in [0.2, 0.25) is 0 Å². The molecule has 0 aliphatic heterocycles. The molecular weight excluding hydrogens is 270 g/mol. The molecule has 2 unspecified atom stereocenters. The number of azide groups is 1.